The minimum absolute atomic E-state index is 0.0440. The maximum Gasteiger partial charge on any atom is 0.271 e. The van der Waals surface area contributed by atoms with Gasteiger partial charge in [-0.3, -0.25) is 20.4 Å². The van der Waals surface area contributed by atoms with E-state index in [1.165, 1.54) is 12.1 Å². The van der Waals surface area contributed by atoms with Gasteiger partial charge in [-0.05, 0) is 24.3 Å². The van der Waals surface area contributed by atoms with Gasteiger partial charge < -0.3 is 4.57 Å². The van der Waals surface area contributed by atoms with E-state index in [4.69, 9.17) is 11.6 Å². The van der Waals surface area contributed by atoms with E-state index in [0.717, 1.165) is 23.2 Å². The normalized spacial score (nSPS) is 11.4. The molecule has 0 radical (unpaired) electrons. The van der Waals surface area contributed by atoms with Crippen molar-refractivity contribution < 1.29 is 18.0 Å². The lowest BCUT2D eigenvalue weighted by molar-refractivity contribution is 0.0847. The molecule has 0 bridgehead atoms. The molecule has 7 nitrogen and oxygen atoms in total. The Hall–Kier alpha value is -2.84. The summed E-state index contributed by atoms with van der Waals surface area (Å²) in [5.41, 5.74) is 5.80. The van der Waals surface area contributed by atoms with Crippen molar-refractivity contribution in [2.45, 2.75) is 4.90 Å². The quantitative estimate of drug-likeness (QED) is 0.653. The van der Waals surface area contributed by atoms with Gasteiger partial charge in [-0.15, -0.1) is 0 Å². The fourth-order valence-electron chi connectivity index (χ4n) is 2.68. The highest BCUT2D eigenvalue weighted by molar-refractivity contribution is 7.90. The average Bonchev–Trinajstić information content (AvgIpc) is 2.96. The molecule has 0 spiro atoms. The Labute approximate surface area is 160 Å². The van der Waals surface area contributed by atoms with Crippen LogP contribution in [0.3, 0.4) is 0 Å². The number of benzene rings is 2. The van der Waals surface area contributed by atoms with Crippen LogP contribution in [0.25, 0.3) is 10.9 Å². The number of halogens is 1. The summed E-state index contributed by atoms with van der Waals surface area (Å²) in [4.78, 5) is 24.7. The van der Waals surface area contributed by atoms with Crippen LogP contribution in [0, 0.1) is 0 Å². The predicted octanol–water partition coefficient (Wildman–Crippen LogP) is 2.31. The van der Waals surface area contributed by atoms with Crippen molar-refractivity contribution >= 4 is 44.2 Å². The highest BCUT2D eigenvalue weighted by Gasteiger charge is 2.18. The van der Waals surface area contributed by atoms with Gasteiger partial charge in [0.15, 0.2) is 9.84 Å². The van der Waals surface area contributed by atoms with Gasteiger partial charge in [0.2, 0.25) is 0 Å². The number of rotatable bonds is 3. The van der Waals surface area contributed by atoms with E-state index in [0.29, 0.717) is 5.56 Å². The molecule has 140 valence electrons. The molecule has 3 aromatic rings. The van der Waals surface area contributed by atoms with E-state index in [-0.39, 0.29) is 15.5 Å². The van der Waals surface area contributed by atoms with Crippen LogP contribution in [-0.4, -0.2) is 31.1 Å². The van der Waals surface area contributed by atoms with Crippen LogP contribution in [0.15, 0.2) is 53.6 Å². The molecule has 0 unspecified atom stereocenters. The first-order valence-corrected chi connectivity index (χ1v) is 10.1. The molecule has 0 atom stereocenters. The van der Waals surface area contributed by atoms with Crippen molar-refractivity contribution in [1.82, 2.24) is 15.4 Å². The number of aromatic nitrogens is 1. The van der Waals surface area contributed by atoms with Gasteiger partial charge in [0.1, 0.15) is 0 Å². The van der Waals surface area contributed by atoms with Gasteiger partial charge in [-0.1, -0.05) is 29.8 Å². The Balaban J connectivity index is 1.80. The fraction of sp³-hybridized carbons (Fsp3) is 0.111. The minimum Gasteiger partial charge on any atom is -0.350 e. The predicted molar refractivity (Wildman–Crippen MR) is 102 cm³/mol. The van der Waals surface area contributed by atoms with Gasteiger partial charge in [-0.25, -0.2) is 8.42 Å². The minimum atomic E-state index is -3.50. The van der Waals surface area contributed by atoms with Crippen molar-refractivity contribution in [2.75, 3.05) is 6.26 Å². The summed E-state index contributed by atoms with van der Waals surface area (Å²) < 4.78 is 25.1. The number of sulfone groups is 1. The number of carbonyl (C=O) groups excluding carboxylic acids is 2. The summed E-state index contributed by atoms with van der Waals surface area (Å²) in [5.74, 6) is -1.23. The summed E-state index contributed by atoms with van der Waals surface area (Å²) in [7, 11) is -1.69. The van der Waals surface area contributed by atoms with Crippen LogP contribution in [0.1, 0.15) is 20.7 Å². The van der Waals surface area contributed by atoms with Crippen LogP contribution < -0.4 is 10.9 Å². The fourth-order valence-corrected chi connectivity index (χ4v) is 3.53. The highest BCUT2D eigenvalue weighted by Crippen LogP contribution is 2.21. The Bertz CT molecular complexity index is 1170. The van der Waals surface area contributed by atoms with E-state index < -0.39 is 21.7 Å². The van der Waals surface area contributed by atoms with Crippen LogP contribution in [0.4, 0.5) is 0 Å². The zero-order valence-electron chi connectivity index (χ0n) is 14.5. The summed E-state index contributed by atoms with van der Waals surface area (Å²) >= 11 is 5.98. The SMILES string of the molecule is Cn1cc(C(=O)NNC(=O)c2cc(S(C)(=O)=O)ccc2Cl)c2ccccc21. The highest BCUT2D eigenvalue weighted by atomic mass is 35.5. The molecular weight excluding hydrogens is 390 g/mol. The third kappa shape index (κ3) is 3.81. The molecule has 2 aromatic carbocycles. The average molecular weight is 406 g/mol. The molecule has 2 amide bonds. The third-order valence-electron chi connectivity index (χ3n) is 4.04. The maximum atomic E-state index is 12.5. The first-order chi connectivity index (χ1) is 12.7. The largest absolute Gasteiger partial charge is 0.350 e. The van der Waals surface area contributed by atoms with Crippen LogP contribution in [-0.2, 0) is 16.9 Å². The van der Waals surface area contributed by atoms with Crippen LogP contribution in [0.5, 0.6) is 0 Å². The lowest BCUT2D eigenvalue weighted by Gasteiger charge is -2.09. The Kier molecular flexibility index (Phi) is 4.95. The standard InChI is InChI=1S/C18H16ClN3O4S/c1-22-10-14(12-5-3-4-6-16(12)22)18(24)21-20-17(23)13-9-11(27(2,25)26)7-8-15(13)19/h3-10H,1-2H3,(H,20,23)(H,21,24). The molecule has 9 heteroatoms. The number of carbonyl (C=O) groups is 2. The Morgan fingerprint density at radius 2 is 1.63 bits per heavy atom. The summed E-state index contributed by atoms with van der Waals surface area (Å²) in [6.07, 6.45) is 2.68. The molecule has 1 aromatic heterocycles. The summed E-state index contributed by atoms with van der Waals surface area (Å²) in [6, 6.07) is 11.1. The number of nitrogens with zero attached hydrogens (tertiary/aromatic N) is 1. The number of para-hydroxylation sites is 1. The first kappa shape index (κ1) is 18.9. The van der Waals surface area contributed by atoms with Crippen molar-refractivity contribution in [3.63, 3.8) is 0 Å². The van der Waals surface area contributed by atoms with Gasteiger partial charge in [0, 0.05) is 30.4 Å². The number of hydrogen-bond donors (Lipinski definition) is 2. The molecule has 0 aliphatic carbocycles. The van der Waals surface area contributed by atoms with Crippen molar-refractivity contribution in [2.24, 2.45) is 7.05 Å². The molecule has 1 heterocycles. The molecule has 27 heavy (non-hydrogen) atoms. The molecule has 0 aliphatic rings. The number of aryl methyl sites for hydroxylation is 1. The lowest BCUT2D eigenvalue weighted by atomic mass is 10.2. The lowest BCUT2D eigenvalue weighted by Crippen LogP contribution is -2.41. The molecular formula is C18H16ClN3O4S. The smallest absolute Gasteiger partial charge is 0.271 e. The van der Waals surface area contributed by atoms with E-state index in [1.807, 2.05) is 25.2 Å². The Morgan fingerprint density at radius 3 is 2.30 bits per heavy atom. The Morgan fingerprint density at radius 1 is 1.00 bits per heavy atom. The monoisotopic (exact) mass is 405 g/mol. The molecule has 0 saturated heterocycles. The summed E-state index contributed by atoms with van der Waals surface area (Å²) in [5, 5.41) is 0.808. The van der Waals surface area contributed by atoms with Crippen molar-refractivity contribution in [3.05, 3.63) is 64.8 Å². The van der Waals surface area contributed by atoms with Crippen LogP contribution in [0.2, 0.25) is 5.02 Å². The van der Waals surface area contributed by atoms with E-state index in [1.54, 1.807) is 16.8 Å². The molecule has 0 aliphatic heterocycles. The first-order valence-electron chi connectivity index (χ1n) is 7.83. The van der Waals surface area contributed by atoms with E-state index >= 15 is 0 Å². The topological polar surface area (TPSA) is 97.3 Å². The summed E-state index contributed by atoms with van der Waals surface area (Å²) in [6.45, 7) is 0. The number of hydrogen-bond acceptors (Lipinski definition) is 4. The zero-order valence-corrected chi connectivity index (χ0v) is 16.1. The zero-order chi connectivity index (χ0) is 19.8. The molecule has 0 saturated carbocycles. The van der Waals surface area contributed by atoms with Crippen LogP contribution >= 0.6 is 11.6 Å². The van der Waals surface area contributed by atoms with E-state index in [9.17, 15) is 18.0 Å². The van der Waals surface area contributed by atoms with Gasteiger partial charge in [0.05, 0.1) is 21.0 Å². The molecule has 3 rings (SSSR count). The second-order valence-electron chi connectivity index (χ2n) is 5.99. The number of hydrazine groups is 1. The van der Waals surface area contributed by atoms with Crippen molar-refractivity contribution in [1.29, 1.82) is 0 Å². The third-order valence-corrected chi connectivity index (χ3v) is 5.48. The number of amides is 2. The second kappa shape index (κ2) is 7.05. The van der Waals surface area contributed by atoms with Crippen molar-refractivity contribution in [3.8, 4) is 0 Å². The number of fused-ring (bicyclic) bond motifs is 1. The van der Waals surface area contributed by atoms with Gasteiger partial charge in [0.25, 0.3) is 11.8 Å². The second-order valence-corrected chi connectivity index (χ2v) is 8.42. The molecule has 2 N–H and O–H groups in total. The van der Waals surface area contributed by atoms with E-state index in [2.05, 4.69) is 10.9 Å². The van der Waals surface area contributed by atoms with Gasteiger partial charge in [-0.2, -0.15) is 0 Å². The molecule has 0 fully saturated rings. The van der Waals surface area contributed by atoms with Gasteiger partial charge >= 0.3 is 0 Å². The maximum absolute atomic E-state index is 12.5. The number of nitrogens with one attached hydrogen (secondary N) is 2.